The lowest BCUT2D eigenvalue weighted by atomic mass is 9.83. The van der Waals surface area contributed by atoms with Crippen LogP contribution in [0.5, 0.6) is 11.5 Å². The van der Waals surface area contributed by atoms with Crippen molar-refractivity contribution in [1.82, 2.24) is 0 Å². The molecule has 0 spiro atoms. The van der Waals surface area contributed by atoms with Gasteiger partial charge in [0.15, 0.2) is 5.75 Å². The Morgan fingerprint density at radius 1 is 1.06 bits per heavy atom. The summed E-state index contributed by atoms with van der Waals surface area (Å²) in [6.07, 6.45) is 0. The van der Waals surface area contributed by atoms with Crippen LogP contribution in [-0.2, 0) is 0 Å². The van der Waals surface area contributed by atoms with Gasteiger partial charge in [0, 0.05) is 0 Å². The van der Waals surface area contributed by atoms with E-state index in [1.807, 2.05) is 36.4 Å². The predicted molar refractivity (Wildman–Crippen MR) is 125 cm³/mol. The summed E-state index contributed by atoms with van der Waals surface area (Å²) in [6.45, 7) is 2.06. The van der Waals surface area contributed by atoms with E-state index in [-0.39, 0.29) is 22.8 Å². The summed E-state index contributed by atoms with van der Waals surface area (Å²) in [5.74, 6) is 0.115. The molecule has 0 saturated heterocycles. The summed E-state index contributed by atoms with van der Waals surface area (Å²) in [7, 11) is 1.55. The van der Waals surface area contributed by atoms with E-state index in [0.717, 1.165) is 22.3 Å². The Labute approximate surface area is 190 Å². The average molecular weight is 436 g/mol. The Kier molecular flexibility index (Phi) is 4.87. The molecule has 0 amide bonds. The molecule has 0 bridgehead atoms. The number of methoxy groups -OCH3 is 1. The molecule has 1 aliphatic heterocycles. The van der Waals surface area contributed by atoms with Crippen LogP contribution in [0.3, 0.4) is 0 Å². The van der Waals surface area contributed by atoms with Gasteiger partial charge in [0.2, 0.25) is 5.88 Å². The van der Waals surface area contributed by atoms with Crippen LogP contribution in [0.2, 0.25) is 0 Å². The molecule has 162 valence electrons. The Balaban J connectivity index is 1.71. The molecule has 1 unspecified atom stereocenters. The molecule has 6 nitrogen and oxygen atoms in total. The molecule has 1 aliphatic rings. The largest absolute Gasteiger partial charge is 0.497 e. The van der Waals surface area contributed by atoms with Gasteiger partial charge in [-0.2, -0.15) is 5.26 Å². The molecule has 1 aromatic heterocycles. The van der Waals surface area contributed by atoms with Gasteiger partial charge in [0.1, 0.15) is 23.0 Å². The first-order valence-corrected chi connectivity index (χ1v) is 10.4. The lowest BCUT2D eigenvalue weighted by molar-refractivity contribution is 0.386. The number of nitriles is 1. The van der Waals surface area contributed by atoms with Gasteiger partial charge in [-0.05, 0) is 47.4 Å². The predicted octanol–water partition coefficient (Wildman–Crippen LogP) is 5.00. The third-order valence-electron chi connectivity index (χ3n) is 5.97. The number of allylic oxidation sites excluding steroid dienone is 1. The van der Waals surface area contributed by atoms with E-state index in [1.54, 1.807) is 25.3 Å². The maximum atomic E-state index is 13.1. The third-order valence-corrected chi connectivity index (χ3v) is 5.97. The lowest BCUT2D eigenvalue weighted by Gasteiger charge is -2.26. The average Bonchev–Trinajstić information content (AvgIpc) is 2.83. The van der Waals surface area contributed by atoms with Gasteiger partial charge >= 0.3 is 5.63 Å². The minimum Gasteiger partial charge on any atom is -0.497 e. The highest BCUT2D eigenvalue weighted by molar-refractivity contribution is 5.87. The van der Waals surface area contributed by atoms with Crippen LogP contribution in [-0.4, -0.2) is 7.11 Å². The van der Waals surface area contributed by atoms with Crippen LogP contribution in [0.4, 0.5) is 0 Å². The van der Waals surface area contributed by atoms with Crippen LogP contribution in [0.1, 0.15) is 22.6 Å². The fraction of sp³-hybridized carbons (Fsp3) is 0.111. The number of ether oxygens (including phenoxy) is 2. The molecule has 3 aromatic carbocycles. The molecular weight excluding hydrogens is 416 g/mol. The Morgan fingerprint density at radius 3 is 2.52 bits per heavy atom. The van der Waals surface area contributed by atoms with E-state index in [4.69, 9.17) is 19.6 Å². The van der Waals surface area contributed by atoms with Gasteiger partial charge in [-0.1, -0.05) is 48.5 Å². The number of aryl methyl sites for hydroxylation is 1. The highest BCUT2D eigenvalue weighted by Gasteiger charge is 2.35. The van der Waals surface area contributed by atoms with Crippen LogP contribution in [0, 0.1) is 18.3 Å². The Hall–Kier alpha value is -4.50. The van der Waals surface area contributed by atoms with Crippen molar-refractivity contribution in [2.45, 2.75) is 12.8 Å². The number of hydrogen-bond acceptors (Lipinski definition) is 6. The van der Waals surface area contributed by atoms with Crippen molar-refractivity contribution in [2.24, 2.45) is 5.73 Å². The van der Waals surface area contributed by atoms with Crippen molar-refractivity contribution in [3.05, 3.63) is 105 Å². The van der Waals surface area contributed by atoms with E-state index in [2.05, 4.69) is 25.1 Å². The van der Waals surface area contributed by atoms with Gasteiger partial charge in [-0.25, -0.2) is 4.79 Å². The van der Waals surface area contributed by atoms with E-state index < -0.39 is 11.5 Å². The number of nitrogens with two attached hydrogens (primary N) is 1. The SMILES string of the molecule is COc1ccc2oc(=O)c3c(c2c1)OC(N)=C(C#N)C3c1ccc(-c2ccccc2C)cc1. The number of benzene rings is 3. The zero-order valence-corrected chi connectivity index (χ0v) is 18.1. The molecule has 4 aromatic rings. The number of hydrogen-bond donors (Lipinski definition) is 1. The van der Waals surface area contributed by atoms with Gasteiger partial charge in [-0.15, -0.1) is 0 Å². The van der Waals surface area contributed by atoms with Crippen molar-refractivity contribution in [2.75, 3.05) is 7.11 Å². The van der Waals surface area contributed by atoms with Crippen LogP contribution in [0.15, 0.2) is 87.4 Å². The summed E-state index contributed by atoms with van der Waals surface area (Å²) in [5.41, 5.74) is 10.4. The molecule has 2 N–H and O–H groups in total. The monoisotopic (exact) mass is 436 g/mol. The summed E-state index contributed by atoms with van der Waals surface area (Å²) >= 11 is 0. The Bertz CT molecular complexity index is 1530. The molecule has 33 heavy (non-hydrogen) atoms. The maximum Gasteiger partial charge on any atom is 0.344 e. The molecule has 0 saturated carbocycles. The van der Waals surface area contributed by atoms with E-state index in [1.165, 1.54) is 0 Å². The van der Waals surface area contributed by atoms with E-state index >= 15 is 0 Å². The van der Waals surface area contributed by atoms with Crippen LogP contribution < -0.4 is 20.8 Å². The molecular formula is C27H20N2O4. The normalized spacial score (nSPS) is 15.0. The van der Waals surface area contributed by atoms with Crippen molar-refractivity contribution in [3.8, 4) is 28.7 Å². The standard InChI is InChI=1S/C27H20N2O4/c1-15-5-3-4-6-19(15)16-7-9-17(10-8-16)23-21(14-28)26(29)33-25-20-13-18(31-2)11-12-22(20)32-27(30)24(23)25/h3-13,23H,29H2,1-2H3. The first kappa shape index (κ1) is 20.4. The van der Waals surface area contributed by atoms with E-state index in [9.17, 15) is 10.1 Å². The molecule has 1 atom stereocenters. The molecule has 0 radical (unpaired) electrons. The quantitative estimate of drug-likeness (QED) is 0.454. The maximum absolute atomic E-state index is 13.1. The third kappa shape index (κ3) is 3.31. The second-order valence-corrected chi connectivity index (χ2v) is 7.86. The highest BCUT2D eigenvalue weighted by Crippen LogP contribution is 2.44. The summed E-state index contributed by atoms with van der Waals surface area (Å²) in [6, 6.07) is 23.0. The molecule has 0 aliphatic carbocycles. The second-order valence-electron chi connectivity index (χ2n) is 7.86. The fourth-order valence-electron chi connectivity index (χ4n) is 4.31. The Morgan fingerprint density at radius 2 is 1.82 bits per heavy atom. The summed E-state index contributed by atoms with van der Waals surface area (Å²) in [5, 5.41) is 10.4. The highest BCUT2D eigenvalue weighted by atomic mass is 16.5. The van der Waals surface area contributed by atoms with Gasteiger partial charge in [-0.3, -0.25) is 0 Å². The fourth-order valence-corrected chi connectivity index (χ4v) is 4.31. The van der Waals surface area contributed by atoms with Crippen LogP contribution in [0.25, 0.3) is 22.1 Å². The van der Waals surface area contributed by atoms with E-state index in [0.29, 0.717) is 16.7 Å². The molecule has 5 rings (SSSR count). The minimum atomic E-state index is -0.712. The lowest BCUT2D eigenvalue weighted by Crippen LogP contribution is -2.26. The topological polar surface area (TPSA) is 98.5 Å². The molecule has 6 heteroatoms. The number of rotatable bonds is 3. The van der Waals surface area contributed by atoms with Crippen molar-refractivity contribution < 1.29 is 13.9 Å². The first-order valence-electron chi connectivity index (χ1n) is 10.4. The second kappa shape index (κ2) is 7.88. The van der Waals surface area contributed by atoms with Crippen molar-refractivity contribution >= 4 is 11.0 Å². The van der Waals surface area contributed by atoms with Crippen molar-refractivity contribution in [1.29, 1.82) is 5.26 Å². The van der Waals surface area contributed by atoms with Crippen molar-refractivity contribution in [3.63, 3.8) is 0 Å². The molecule has 0 fully saturated rings. The van der Waals surface area contributed by atoms with Gasteiger partial charge in [0.05, 0.1) is 24.0 Å². The zero-order chi connectivity index (χ0) is 23.1. The summed E-state index contributed by atoms with van der Waals surface area (Å²) in [4.78, 5) is 13.1. The zero-order valence-electron chi connectivity index (χ0n) is 18.1. The minimum absolute atomic E-state index is 0.0345. The van der Waals surface area contributed by atoms with Gasteiger partial charge < -0.3 is 19.6 Å². The smallest absolute Gasteiger partial charge is 0.344 e. The summed E-state index contributed by atoms with van der Waals surface area (Å²) < 4.78 is 16.7. The number of nitrogens with zero attached hydrogens (tertiary/aromatic N) is 1. The van der Waals surface area contributed by atoms with Crippen LogP contribution >= 0.6 is 0 Å². The number of fused-ring (bicyclic) bond motifs is 3. The van der Waals surface area contributed by atoms with Gasteiger partial charge in [0.25, 0.3) is 0 Å². The first-order chi connectivity index (χ1) is 16.0. The molecule has 2 heterocycles.